The summed E-state index contributed by atoms with van der Waals surface area (Å²) in [6, 6.07) is 14.0. The van der Waals surface area contributed by atoms with Crippen molar-refractivity contribution in [2.45, 2.75) is 45.1 Å². The fraction of sp³-hybridized carbons (Fsp3) is 0.304. The predicted octanol–water partition coefficient (Wildman–Crippen LogP) is 5.32. The summed E-state index contributed by atoms with van der Waals surface area (Å²) < 4.78 is 29.4. The van der Waals surface area contributed by atoms with E-state index in [-0.39, 0.29) is 6.04 Å². The van der Waals surface area contributed by atoms with Gasteiger partial charge in [0.1, 0.15) is 0 Å². The lowest BCUT2D eigenvalue weighted by atomic mass is 9.95. The van der Waals surface area contributed by atoms with Crippen molar-refractivity contribution < 1.29 is 8.42 Å². The van der Waals surface area contributed by atoms with E-state index < -0.39 is 10.0 Å². The molecule has 3 aromatic rings. The van der Waals surface area contributed by atoms with Crippen LogP contribution in [0.1, 0.15) is 44.3 Å². The van der Waals surface area contributed by atoms with Crippen LogP contribution in [-0.2, 0) is 16.4 Å². The number of rotatable bonds is 3. The highest BCUT2D eigenvalue weighted by atomic mass is 32.2. The van der Waals surface area contributed by atoms with E-state index in [1.165, 1.54) is 10.4 Å². The maximum Gasteiger partial charge on any atom is 0.244 e. The first kappa shape index (κ1) is 19.4. The molecule has 146 valence electrons. The van der Waals surface area contributed by atoms with Crippen LogP contribution >= 0.6 is 11.3 Å². The van der Waals surface area contributed by atoms with E-state index >= 15 is 0 Å². The second-order valence-corrected chi connectivity index (χ2v) is 10.5. The fourth-order valence-corrected chi connectivity index (χ4v) is 7.25. The molecule has 0 bridgehead atoms. The van der Waals surface area contributed by atoms with Crippen LogP contribution in [0.3, 0.4) is 0 Å². The maximum absolute atomic E-state index is 13.9. The SMILES string of the molecule is Cc1ccc([C@H]2c3ccsc3CCN2S(=O)(=O)c2c(C)cc(C)cc2C)cc1. The largest absolute Gasteiger partial charge is 0.244 e. The Morgan fingerprint density at radius 1 is 0.929 bits per heavy atom. The molecule has 1 atom stereocenters. The van der Waals surface area contributed by atoms with Gasteiger partial charge in [0, 0.05) is 11.4 Å². The van der Waals surface area contributed by atoms with E-state index in [4.69, 9.17) is 0 Å². The van der Waals surface area contributed by atoms with Gasteiger partial charge in [-0.3, -0.25) is 0 Å². The molecule has 2 aromatic carbocycles. The zero-order chi connectivity index (χ0) is 20.1. The topological polar surface area (TPSA) is 37.4 Å². The van der Waals surface area contributed by atoms with Crippen LogP contribution in [-0.4, -0.2) is 19.3 Å². The summed E-state index contributed by atoms with van der Waals surface area (Å²) in [5, 5.41) is 2.07. The predicted molar refractivity (Wildman–Crippen MR) is 116 cm³/mol. The Labute approximate surface area is 171 Å². The Bertz CT molecular complexity index is 1100. The van der Waals surface area contributed by atoms with Gasteiger partial charge in [0.25, 0.3) is 0 Å². The molecule has 0 fully saturated rings. The zero-order valence-corrected chi connectivity index (χ0v) is 18.3. The number of hydrogen-bond acceptors (Lipinski definition) is 3. The molecule has 0 unspecified atom stereocenters. The first-order valence-corrected chi connectivity index (χ1v) is 11.8. The first-order valence-electron chi connectivity index (χ1n) is 9.51. The van der Waals surface area contributed by atoms with Gasteiger partial charge in [-0.15, -0.1) is 11.3 Å². The summed E-state index contributed by atoms with van der Waals surface area (Å²) in [4.78, 5) is 1.74. The van der Waals surface area contributed by atoms with Crippen LogP contribution in [0, 0.1) is 27.7 Å². The normalized spacial score (nSPS) is 17.5. The molecule has 3 nitrogen and oxygen atoms in total. The van der Waals surface area contributed by atoms with Crippen LogP contribution in [0.25, 0.3) is 0 Å². The number of thiophene rings is 1. The molecule has 5 heteroatoms. The lowest BCUT2D eigenvalue weighted by Crippen LogP contribution is -2.40. The van der Waals surface area contributed by atoms with E-state index in [9.17, 15) is 8.42 Å². The smallest absolute Gasteiger partial charge is 0.207 e. The highest BCUT2D eigenvalue weighted by Gasteiger charge is 2.39. The third kappa shape index (κ3) is 3.21. The third-order valence-corrected chi connectivity index (χ3v) is 8.65. The van der Waals surface area contributed by atoms with Crippen molar-refractivity contribution in [3.63, 3.8) is 0 Å². The van der Waals surface area contributed by atoms with E-state index in [1.54, 1.807) is 15.6 Å². The number of fused-ring (bicyclic) bond motifs is 1. The molecule has 2 heterocycles. The first-order chi connectivity index (χ1) is 13.3. The molecule has 1 aliphatic rings. The molecular weight excluding hydrogens is 386 g/mol. The summed E-state index contributed by atoms with van der Waals surface area (Å²) in [5.74, 6) is 0. The van der Waals surface area contributed by atoms with Gasteiger partial charge >= 0.3 is 0 Å². The average molecular weight is 412 g/mol. The number of benzene rings is 2. The Kier molecular flexibility index (Phi) is 4.94. The van der Waals surface area contributed by atoms with Crippen LogP contribution < -0.4 is 0 Å². The summed E-state index contributed by atoms with van der Waals surface area (Å²) >= 11 is 1.72. The molecule has 0 saturated carbocycles. The van der Waals surface area contributed by atoms with Crippen molar-refractivity contribution in [1.29, 1.82) is 0 Å². The number of sulfonamides is 1. The maximum atomic E-state index is 13.9. The molecule has 1 aromatic heterocycles. The monoisotopic (exact) mass is 411 g/mol. The molecule has 0 saturated heterocycles. The minimum absolute atomic E-state index is 0.277. The molecule has 0 aliphatic carbocycles. The van der Waals surface area contributed by atoms with Crippen LogP contribution in [0.5, 0.6) is 0 Å². The van der Waals surface area contributed by atoms with E-state index in [2.05, 4.69) is 35.7 Å². The van der Waals surface area contributed by atoms with Gasteiger partial charge in [-0.2, -0.15) is 4.31 Å². The second-order valence-electron chi connectivity index (χ2n) is 7.71. The lowest BCUT2D eigenvalue weighted by molar-refractivity contribution is 0.346. The van der Waals surface area contributed by atoms with E-state index in [1.807, 2.05) is 39.8 Å². The molecular formula is C23H25NO2S2. The van der Waals surface area contributed by atoms with Gasteiger partial charge < -0.3 is 0 Å². The number of nitrogens with zero attached hydrogens (tertiary/aromatic N) is 1. The van der Waals surface area contributed by atoms with Crippen molar-refractivity contribution in [2.75, 3.05) is 6.54 Å². The van der Waals surface area contributed by atoms with Crippen LogP contribution in [0.4, 0.5) is 0 Å². The highest BCUT2D eigenvalue weighted by molar-refractivity contribution is 7.89. The van der Waals surface area contributed by atoms with Crippen molar-refractivity contribution in [1.82, 2.24) is 4.31 Å². The summed E-state index contributed by atoms with van der Waals surface area (Å²) in [7, 11) is -3.63. The van der Waals surface area contributed by atoms with Gasteiger partial charge in [-0.05, 0) is 67.8 Å². The quantitative estimate of drug-likeness (QED) is 0.585. The van der Waals surface area contributed by atoms with Crippen LogP contribution in [0.2, 0.25) is 0 Å². The molecule has 0 radical (unpaired) electrons. The van der Waals surface area contributed by atoms with E-state index in [0.29, 0.717) is 11.4 Å². The summed E-state index contributed by atoms with van der Waals surface area (Å²) in [6.07, 6.45) is 0.762. The van der Waals surface area contributed by atoms with Gasteiger partial charge in [0.2, 0.25) is 10.0 Å². The minimum Gasteiger partial charge on any atom is -0.207 e. The average Bonchev–Trinajstić information content (AvgIpc) is 3.09. The van der Waals surface area contributed by atoms with Crippen molar-refractivity contribution in [3.05, 3.63) is 86.1 Å². The van der Waals surface area contributed by atoms with Gasteiger partial charge in [0.05, 0.1) is 10.9 Å². The molecule has 0 spiro atoms. The Morgan fingerprint density at radius 2 is 1.57 bits per heavy atom. The van der Waals surface area contributed by atoms with Crippen molar-refractivity contribution in [2.24, 2.45) is 0 Å². The molecule has 0 amide bonds. The Morgan fingerprint density at radius 3 is 2.21 bits per heavy atom. The van der Waals surface area contributed by atoms with Gasteiger partial charge in [0.15, 0.2) is 0 Å². The standard InChI is InChI=1S/C23H25NO2S2/c1-15-5-7-19(8-6-15)22-20-10-12-27-21(20)9-11-24(22)28(25,26)23-17(3)13-16(2)14-18(23)4/h5-8,10,12-14,22H,9,11H2,1-4H3/t22-/m0/s1. The fourth-order valence-electron chi connectivity index (χ4n) is 4.34. The van der Waals surface area contributed by atoms with Gasteiger partial charge in [-0.1, -0.05) is 47.5 Å². The zero-order valence-electron chi connectivity index (χ0n) is 16.7. The summed E-state index contributed by atoms with van der Waals surface area (Å²) in [6.45, 7) is 8.35. The molecule has 1 aliphatic heterocycles. The second kappa shape index (κ2) is 7.14. The molecule has 4 rings (SSSR count). The Balaban J connectivity index is 1.89. The molecule has 28 heavy (non-hydrogen) atoms. The van der Waals surface area contributed by atoms with Crippen molar-refractivity contribution >= 4 is 21.4 Å². The number of aryl methyl sites for hydroxylation is 4. The van der Waals surface area contributed by atoms with Crippen molar-refractivity contribution in [3.8, 4) is 0 Å². The van der Waals surface area contributed by atoms with E-state index in [0.717, 1.165) is 34.2 Å². The molecule has 0 N–H and O–H groups in total. The minimum atomic E-state index is -3.63. The third-order valence-electron chi connectivity index (χ3n) is 5.49. The Hall–Kier alpha value is -1.95. The highest BCUT2D eigenvalue weighted by Crippen LogP contribution is 2.41. The lowest BCUT2D eigenvalue weighted by Gasteiger charge is -2.36. The number of hydrogen-bond donors (Lipinski definition) is 0. The van der Waals surface area contributed by atoms with Crippen LogP contribution in [0.15, 0.2) is 52.7 Å². The summed E-state index contributed by atoms with van der Waals surface area (Å²) in [5.41, 5.74) is 6.03. The van der Waals surface area contributed by atoms with Gasteiger partial charge in [-0.25, -0.2) is 8.42 Å².